The molecule has 1 amide bonds. The number of benzene rings is 2. The summed E-state index contributed by atoms with van der Waals surface area (Å²) in [6.07, 6.45) is 0.236. The first-order valence-electron chi connectivity index (χ1n) is 7.64. The van der Waals surface area contributed by atoms with Crippen LogP contribution in [0.4, 0.5) is 11.4 Å². The van der Waals surface area contributed by atoms with E-state index in [1.54, 1.807) is 12.1 Å². The number of rotatable bonds is 6. The van der Waals surface area contributed by atoms with Crippen molar-refractivity contribution in [3.63, 3.8) is 0 Å². The molecule has 0 unspecified atom stereocenters. The van der Waals surface area contributed by atoms with Crippen LogP contribution >= 0.6 is 11.8 Å². The number of nitrogens with one attached hydrogen (secondary N) is 1. The molecule has 128 valence electrons. The van der Waals surface area contributed by atoms with Gasteiger partial charge in [-0.15, -0.1) is 0 Å². The van der Waals surface area contributed by atoms with Gasteiger partial charge in [0.25, 0.3) is 5.69 Å². The van der Waals surface area contributed by atoms with Gasteiger partial charge in [0.15, 0.2) is 5.16 Å². The van der Waals surface area contributed by atoms with Gasteiger partial charge in [-0.3, -0.25) is 14.9 Å². The molecular formula is C17H16N4O3S. The lowest BCUT2D eigenvalue weighted by Crippen LogP contribution is -2.13. The number of anilines is 1. The summed E-state index contributed by atoms with van der Waals surface area (Å²) in [4.78, 5) is 27.0. The molecular weight excluding hydrogens is 340 g/mol. The SMILES string of the molecule is Cn1c(SCCC(=O)Nc2ccccc2[N+](=O)[O-])nc2ccccc21. The molecule has 0 aliphatic carbocycles. The van der Waals surface area contributed by atoms with Gasteiger partial charge in [0, 0.05) is 25.3 Å². The van der Waals surface area contributed by atoms with Gasteiger partial charge in [-0.2, -0.15) is 0 Å². The third-order valence-electron chi connectivity index (χ3n) is 3.68. The molecule has 0 bridgehead atoms. The Morgan fingerprint density at radius 2 is 1.96 bits per heavy atom. The molecule has 0 aliphatic heterocycles. The van der Waals surface area contributed by atoms with Gasteiger partial charge in [0.2, 0.25) is 5.91 Å². The molecule has 0 spiro atoms. The molecule has 0 aliphatic rings. The molecule has 7 nitrogen and oxygen atoms in total. The fourth-order valence-electron chi connectivity index (χ4n) is 2.44. The third-order valence-corrected chi connectivity index (χ3v) is 4.71. The Kier molecular flexibility index (Phi) is 4.99. The smallest absolute Gasteiger partial charge is 0.292 e. The van der Waals surface area contributed by atoms with E-state index in [0.717, 1.165) is 16.2 Å². The van der Waals surface area contributed by atoms with Gasteiger partial charge < -0.3 is 9.88 Å². The summed E-state index contributed by atoms with van der Waals surface area (Å²) < 4.78 is 1.99. The number of imidazole rings is 1. The van der Waals surface area contributed by atoms with Crippen LogP contribution in [-0.4, -0.2) is 26.1 Å². The maximum Gasteiger partial charge on any atom is 0.292 e. The summed E-state index contributed by atoms with van der Waals surface area (Å²) in [5, 5.41) is 14.4. The maximum atomic E-state index is 12.1. The van der Waals surface area contributed by atoms with Gasteiger partial charge in [0.05, 0.1) is 16.0 Å². The van der Waals surface area contributed by atoms with E-state index in [1.807, 2.05) is 35.9 Å². The summed E-state index contributed by atoms with van der Waals surface area (Å²) in [6.45, 7) is 0. The fraction of sp³-hybridized carbons (Fsp3) is 0.176. The highest BCUT2D eigenvalue weighted by atomic mass is 32.2. The van der Waals surface area contributed by atoms with Gasteiger partial charge in [-0.05, 0) is 18.2 Å². The number of aromatic nitrogens is 2. The normalized spacial score (nSPS) is 10.8. The molecule has 1 aromatic heterocycles. The number of carbonyl (C=O) groups excluding carboxylic acids is 1. The average Bonchev–Trinajstić information content (AvgIpc) is 2.92. The number of fused-ring (bicyclic) bond motifs is 1. The van der Waals surface area contributed by atoms with Crippen molar-refractivity contribution in [2.75, 3.05) is 11.1 Å². The Bertz CT molecular complexity index is 939. The monoisotopic (exact) mass is 356 g/mol. The lowest BCUT2D eigenvalue weighted by atomic mass is 10.2. The first kappa shape index (κ1) is 17.0. The molecule has 0 radical (unpaired) electrons. The molecule has 3 aromatic rings. The van der Waals surface area contributed by atoms with Crippen molar-refractivity contribution < 1.29 is 9.72 Å². The van der Waals surface area contributed by atoms with E-state index in [1.165, 1.54) is 23.9 Å². The Balaban J connectivity index is 1.59. The second kappa shape index (κ2) is 7.35. The Labute approximate surface area is 148 Å². The zero-order chi connectivity index (χ0) is 17.8. The highest BCUT2D eigenvalue weighted by molar-refractivity contribution is 7.99. The quantitative estimate of drug-likeness (QED) is 0.414. The van der Waals surface area contributed by atoms with Crippen molar-refractivity contribution in [3.8, 4) is 0 Å². The van der Waals surface area contributed by atoms with Crippen LogP contribution < -0.4 is 5.32 Å². The van der Waals surface area contributed by atoms with Crippen LogP contribution in [0.25, 0.3) is 11.0 Å². The second-order valence-corrected chi connectivity index (χ2v) is 6.43. The summed E-state index contributed by atoms with van der Waals surface area (Å²) >= 11 is 1.48. The first-order valence-corrected chi connectivity index (χ1v) is 8.62. The maximum absolute atomic E-state index is 12.1. The fourth-order valence-corrected chi connectivity index (χ4v) is 3.36. The lowest BCUT2D eigenvalue weighted by molar-refractivity contribution is -0.383. The van der Waals surface area contributed by atoms with Gasteiger partial charge in [-0.1, -0.05) is 36.0 Å². The molecule has 25 heavy (non-hydrogen) atoms. The van der Waals surface area contributed by atoms with Crippen molar-refractivity contribution in [2.24, 2.45) is 7.05 Å². The molecule has 0 saturated carbocycles. The van der Waals surface area contributed by atoms with Crippen LogP contribution in [0.2, 0.25) is 0 Å². The Morgan fingerprint density at radius 1 is 1.24 bits per heavy atom. The summed E-state index contributed by atoms with van der Waals surface area (Å²) in [5.41, 5.74) is 2.05. The topological polar surface area (TPSA) is 90.1 Å². The number of hydrogen-bond acceptors (Lipinski definition) is 5. The van der Waals surface area contributed by atoms with E-state index < -0.39 is 4.92 Å². The van der Waals surface area contributed by atoms with Crippen LogP contribution in [0.15, 0.2) is 53.7 Å². The molecule has 3 rings (SSSR count). The lowest BCUT2D eigenvalue weighted by Gasteiger charge is -2.06. The first-order chi connectivity index (χ1) is 12.1. The number of nitrogens with zero attached hydrogens (tertiary/aromatic N) is 3. The number of thioether (sulfide) groups is 1. The van der Waals surface area contributed by atoms with E-state index in [9.17, 15) is 14.9 Å². The van der Waals surface area contributed by atoms with E-state index in [-0.39, 0.29) is 23.7 Å². The number of aryl methyl sites for hydroxylation is 1. The number of nitro benzene ring substituents is 1. The predicted octanol–water partition coefficient (Wildman–Crippen LogP) is 3.60. The van der Waals surface area contributed by atoms with Crippen LogP contribution in [-0.2, 0) is 11.8 Å². The summed E-state index contributed by atoms with van der Waals surface area (Å²) in [5.74, 6) is 0.268. The molecule has 1 N–H and O–H groups in total. The molecule has 8 heteroatoms. The highest BCUT2D eigenvalue weighted by Crippen LogP contribution is 2.25. The van der Waals surface area contributed by atoms with Crippen molar-refractivity contribution in [3.05, 3.63) is 58.6 Å². The van der Waals surface area contributed by atoms with E-state index >= 15 is 0 Å². The van der Waals surface area contributed by atoms with Crippen molar-refractivity contribution in [1.29, 1.82) is 0 Å². The van der Waals surface area contributed by atoms with Crippen molar-refractivity contribution >= 4 is 40.1 Å². The van der Waals surface area contributed by atoms with Crippen LogP contribution in [0.5, 0.6) is 0 Å². The van der Waals surface area contributed by atoms with Crippen LogP contribution in [0.1, 0.15) is 6.42 Å². The van der Waals surface area contributed by atoms with Gasteiger partial charge in [-0.25, -0.2) is 4.98 Å². The molecule has 1 heterocycles. The molecule has 2 aromatic carbocycles. The molecule has 0 saturated heterocycles. The highest BCUT2D eigenvalue weighted by Gasteiger charge is 2.15. The predicted molar refractivity (Wildman–Crippen MR) is 97.8 cm³/mol. The van der Waals surface area contributed by atoms with E-state index in [0.29, 0.717) is 5.75 Å². The van der Waals surface area contributed by atoms with Gasteiger partial charge >= 0.3 is 0 Å². The third kappa shape index (κ3) is 3.80. The average molecular weight is 356 g/mol. The minimum atomic E-state index is -0.510. The minimum Gasteiger partial charge on any atom is -0.322 e. The van der Waals surface area contributed by atoms with Crippen molar-refractivity contribution in [2.45, 2.75) is 11.6 Å². The number of carbonyl (C=O) groups is 1. The largest absolute Gasteiger partial charge is 0.322 e. The Hall–Kier alpha value is -2.87. The second-order valence-electron chi connectivity index (χ2n) is 5.36. The summed E-state index contributed by atoms with van der Waals surface area (Å²) in [7, 11) is 1.94. The van der Waals surface area contributed by atoms with E-state index in [2.05, 4.69) is 10.3 Å². The zero-order valence-corrected chi connectivity index (χ0v) is 14.3. The minimum absolute atomic E-state index is 0.112. The number of para-hydroxylation sites is 4. The standard InChI is InChI=1S/C17H16N4O3S/c1-20-14-8-4-2-6-12(14)19-17(20)25-11-10-16(22)18-13-7-3-5-9-15(13)21(23)24/h2-9H,10-11H2,1H3,(H,18,22). The number of hydrogen-bond donors (Lipinski definition) is 1. The van der Waals surface area contributed by atoms with Crippen LogP contribution in [0, 0.1) is 10.1 Å². The zero-order valence-electron chi connectivity index (χ0n) is 13.5. The van der Waals surface area contributed by atoms with Crippen LogP contribution in [0.3, 0.4) is 0 Å². The molecule has 0 fully saturated rings. The molecule has 0 atom stereocenters. The number of amides is 1. The van der Waals surface area contributed by atoms with Gasteiger partial charge in [0.1, 0.15) is 5.69 Å². The number of nitro groups is 1. The van der Waals surface area contributed by atoms with E-state index in [4.69, 9.17) is 0 Å². The summed E-state index contributed by atoms with van der Waals surface area (Å²) in [6, 6.07) is 13.9. The van der Waals surface area contributed by atoms with Crippen molar-refractivity contribution in [1.82, 2.24) is 9.55 Å². The Morgan fingerprint density at radius 3 is 2.72 bits per heavy atom.